The molecular weight excluding hydrogens is 252 g/mol. The average Bonchev–Trinajstić information content (AvgIpc) is 3.18. The summed E-state index contributed by atoms with van der Waals surface area (Å²) in [7, 11) is 0. The zero-order valence-electron chi connectivity index (χ0n) is 12.6. The second kappa shape index (κ2) is 5.20. The molecular formula is C15H24N4O. The van der Waals surface area contributed by atoms with E-state index in [1.165, 1.54) is 12.8 Å². The summed E-state index contributed by atoms with van der Waals surface area (Å²) in [5, 5.41) is 6.87. The Kier molecular flexibility index (Phi) is 3.54. The van der Waals surface area contributed by atoms with Gasteiger partial charge >= 0.3 is 0 Å². The van der Waals surface area contributed by atoms with E-state index in [1.807, 2.05) is 6.07 Å². The van der Waals surface area contributed by atoms with Gasteiger partial charge in [0.1, 0.15) is 17.5 Å². The molecule has 1 saturated carbocycles. The Morgan fingerprint density at radius 2 is 2.10 bits per heavy atom. The normalized spacial score (nSPS) is 29.4. The van der Waals surface area contributed by atoms with Crippen molar-refractivity contribution in [2.75, 3.05) is 23.8 Å². The Balaban J connectivity index is 1.84. The van der Waals surface area contributed by atoms with Gasteiger partial charge in [0.2, 0.25) is 0 Å². The molecule has 0 spiro atoms. The van der Waals surface area contributed by atoms with Crippen LogP contribution in [-0.2, 0) is 4.74 Å². The second-order valence-corrected chi connectivity index (χ2v) is 6.11. The summed E-state index contributed by atoms with van der Waals surface area (Å²) >= 11 is 0. The number of hydrogen-bond donors (Lipinski definition) is 2. The van der Waals surface area contributed by atoms with Gasteiger partial charge in [-0.3, -0.25) is 0 Å². The molecule has 1 aromatic heterocycles. The Morgan fingerprint density at radius 3 is 2.70 bits per heavy atom. The van der Waals surface area contributed by atoms with Crippen molar-refractivity contribution in [3.05, 3.63) is 11.9 Å². The van der Waals surface area contributed by atoms with Crippen molar-refractivity contribution in [3.8, 4) is 0 Å². The summed E-state index contributed by atoms with van der Waals surface area (Å²) in [5.41, 5.74) is -0.0430. The van der Waals surface area contributed by atoms with E-state index in [2.05, 4.69) is 36.4 Å². The second-order valence-electron chi connectivity index (χ2n) is 6.11. The fourth-order valence-electron chi connectivity index (χ4n) is 2.62. The summed E-state index contributed by atoms with van der Waals surface area (Å²) in [4.78, 5) is 9.31. The molecule has 0 amide bonds. The first-order valence-electron chi connectivity index (χ1n) is 7.63. The molecule has 2 heterocycles. The molecule has 1 aromatic rings. The molecule has 110 valence electrons. The lowest BCUT2D eigenvalue weighted by Gasteiger charge is -2.29. The maximum Gasteiger partial charge on any atom is 0.136 e. The minimum atomic E-state index is -0.0430. The van der Waals surface area contributed by atoms with E-state index >= 15 is 0 Å². The van der Waals surface area contributed by atoms with E-state index in [-0.39, 0.29) is 11.6 Å². The first kappa shape index (κ1) is 13.6. The molecule has 1 aliphatic carbocycles. The quantitative estimate of drug-likeness (QED) is 0.866. The van der Waals surface area contributed by atoms with E-state index < -0.39 is 0 Å². The highest BCUT2D eigenvalue weighted by molar-refractivity contribution is 5.50. The highest BCUT2D eigenvalue weighted by Crippen LogP contribution is 2.39. The maximum atomic E-state index is 5.69. The molecule has 2 N–H and O–H groups in total. The van der Waals surface area contributed by atoms with Crippen molar-refractivity contribution in [3.63, 3.8) is 0 Å². The summed E-state index contributed by atoms with van der Waals surface area (Å²) < 4.78 is 5.69. The van der Waals surface area contributed by atoms with Crippen molar-refractivity contribution in [1.29, 1.82) is 0 Å². The van der Waals surface area contributed by atoms with Crippen LogP contribution in [0.1, 0.15) is 51.8 Å². The molecule has 2 atom stereocenters. The number of hydrogen-bond acceptors (Lipinski definition) is 5. The Morgan fingerprint density at radius 1 is 1.35 bits per heavy atom. The lowest BCUT2D eigenvalue weighted by molar-refractivity contribution is 0.105. The number of anilines is 2. The lowest BCUT2D eigenvalue weighted by atomic mass is 9.95. The predicted molar refractivity (Wildman–Crippen MR) is 80.2 cm³/mol. The van der Waals surface area contributed by atoms with E-state index in [0.717, 1.165) is 37.0 Å². The molecule has 2 unspecified atom stereocenters. The van der Waals surface area contributed by atoms with Crippen LogP contribution in [0.2, 0.25) is 0 Å². The molecule has 0 bridgehead atoms. The van der Waals surface area contributed by atoms with Gasteiger partial charge in [-0.15, -0.1) is 0 Å². The zero-order valence-corrected chi connectivity index (χ0v) is 12.6. The van der Waals surface area contributed by atoms with Crippen LogP contribution in [0.5, 0.6) is 0 Å². The monoisotopic (exact) mass is 276 g/mol. The number of aromatic nitrogens is 2. The predicted octanol–water partition coefficient (Wildman–Crippen LogP) is 2.77. The Hall–Kier alpha value is -1.36. The van der Waals surface area contributed by atoms with Gasteiger partial charge in [0.25, 0.3) is 0 Å². The van der Waals surface area contributed by atoms with Crippen molar-refractivity contribution in [1.82, 2.24) is 9.97 Å². The van der Waals surface area contributed by atoms with Crippen molar-refractivity contribution < 1.29 is 4.74 Å². The molecule has 3 rings (SSSR count). The van der Waals surface area contributed by atoms with Crippen LogP contribution < -0.4 is 10.6 Å². The largest absolute Gasteiger partial charge is 0.376 e. The molecule has 0 aromatic carbocycles. The standard InChI is InChI=1S/C15H24N4O/c1-4-16-12-9-13(18-14(17-12)11-5-6-11)19-15(3)7-8-20-10(15)2/h9-11H,4-8H2,1-3H3,(H2,16,17,18,19). The fraction of sp³-hybridized carbons (Fsp3) is 0.733. The first-order chi connectivity index (χ1) is 9.60. The molecule has 0 radical (unpaired) electrons. The van der Waals surface area contributed by atoms with Crippen LogP contribution in [-0.4, -0.2) is 34.8 Å². The van der Waals surface area contributed by atoms with E-state index in [1.54, 1.807) is 0 Å². The van der Waals surface area contributed by atoms with Gasteiger partial charge in [-0.2, -0.15) is 0 Å². The van der Waals surface area contributed by atoms with Crippen LogP contribution in [0.25, 0.3) is 0 Å². The third-order valence-corrected chi connectivity index (χ3v) is 4.34. The van der Waals surface area contributed by atoms with Gasteiger partial charge in [0, 0.05) is 25.1 Å². The van der Waals surface area contributed by atoms with Gasteiger partial charge in [-0.05, 0) is 40.0 Å². The van der Waals surface area contributed by atoms with Gasteiger partial charge in [-0.1, -0.05) is 0 Å². The summed E-state index contributed by atoms with van der Waals surface area (Å²) in [6.45, 7) is 8.09. The number of rotatable bonds is 5. The van der Waals surface area contributed by atoms with Crippen LogP contribution in [0.15, 0.2) is 6.07 Å². The van der Waals surface area contributed by atoms with Crippen molar-refractivity contribution >= 4 is 11.6 Å². The Labute approximate surface area is 120 Å². The summed E-state index contributed by atoms with van der Waals surface area (Å²) in [5.74, 6) is 3.36. The Bertz CT molecular complexity index is 489. The van der Waals surface area contributed by atoms with Gasteiger partial charge < -0.3 is 15.4 Å². The van der Waals surface area contributed by atoms with Crippen LogP contribution in [0.4, 0.5) is 11.6 Å². The fourth-order valence-corrected chi connectivity index (χ4v) is 2.62. The highest BCUT2D eigenvalue weighted by atomic mass is 16.5. The maximum absolute atomic E-state index is 5.69. The van der Waals surface area contributed by atoms with Crippen molar-refractivity contribution in [2.45, 2.75) is 57.6 Å². The lowest BCUT2D eigenvalue weighted by Crippen LogP contribution is -2.41. The molecule has 2 fully saturated rings. The van der Waals surface area contributed by atoms with E-state index in [0.29, 0.717) is 5.92 Å². The SMILES string of the molecule is CCNc1cc(NC2(C)CCOC2C)nc(C2CC2)n1. The minimum absolute atomic E-state index is 0.0430. The summed E-state index contributed by atoms with van der Waals surface area (Å²) in [6.07, 6.45) is 3.63. The smallest absolute Gasteiger partial charge is 0.136 e. The molecule has 20 heavy (non-hydrogen) atoms. The van der Waals surface area contributed by atoms with Gasteiger partial charge in [0.05, 0.1) is 11.6 Å². The van der Waals surface area contributed by atoms with Crippen LogP contribution in [0.3, 0.4) is 0 Å². The first-order valence-corrected chi connectivity index (χ1v) is 7.63. The van der Waals surface area contributed by atoms with Gasteiger partial charge in [-0.25, -0.2) is 9.97 Å². The minimum Gasteiger partial charge on any atom is -0.376 e. The third kappa shape index (κ3) is 2.73. The van der Waals surface area contributed by atoms with E-state index in [4.69, 9.17) is 9.72 Å². The average molecular weight is 276 g/mol. The van der Waals surface area contributed by atoms with Crippen LogP contribution in [0, 0.1) is 0 Å². The van der Waals surface area contributed by atoms with Crippen LogP contribution >= 0.6 is 0 Å². The third-order valence-electron chi connectivity index (χ3n) is 4.34. The van der Waals surface area contributed by atoms with Crippen molar-refractivity contribution in [2.24, 2.45) is 0 Å². The number of nitrogens with one attached hydrogen (secondary N) is 2. The molecule has 1 saturated heterocycles. The number of nitrogens with zero attached hydrogens (tertiary/aromatic N) is 2. The molecule has 5 nitrogen and oxygen atoms in total. The van der Waals surface area contributed by atoms with E-state index in [9.17, 15) is 0 Å². The summed E-state index contributed by atoms with van der Waals surface area (Å²) in [6, 6.07) is 2.01. The molecule has 2 aliphatic rings. The molecule has 1 aliphatic heterocycles. The molecule has 5 heteroatoms. The zero-order chi connectivity index (χ0) is 14.2. The highest BCUT2D eigenvalue weighted by Gasteiger charge is 2.37. The van der Waals surface area contributed by atoms with Gasteiger partial charge in [0.15, 0.2) is 0 Å². The number of ether oxygens (including phenoxy) is 1. The topological polar surface area (TPSA) is 59.1 Å².